The normalized spacial score (nSPS) is 17.7. The van der Waals surface area contributed by atoms with Gasteiger partial charge in [0.15, 0.2) is 0 Å². The van der Waals surface area contributed by atoms with Crippen LogP contribution < -0.4 is 5.32 Å². The van der Waals surface area contributed by atoms with E-state index in [-0.39, 0.29) is 28.6 Å². The van der Waals surface area contributed by atoms with E-state index in [1.807, 2.05) is 24.3 Å². The molecule has 28 heavy (non-hydrogen) atoms. The van der Waals surface area contributed by atoms with Gasteiger partial charge in [0, 0.05) is 11.6 Å². The molecule has 5 rings (SSSR count). The lowest BCUT2D eigenvalue weighted by molar-refractivity contribution is 0.0863. The second-order valence-corrected chi connectivity index (χ2v) is 9.70. The average molecular weight is 413 g/mol. The van der Waals surface area contributed by atoms with Crippen molar-refractivity contribution in [1.82, 2.24) is 14.6 Å². The first kappa shape index (κ1) is 17.3. The van der Waals surface area contributed by atoms with Crippen LogP contribution in [0.4, 0.5) is 0 Å². The van der Waals surface area contributed by atoms with Gasteiger partial charge in [-0.3, -0.25) is 9.59 Å². The molecule has 0 atom stereocenters. The molecule has 0 radical (unpaired) electrons. The number of carbonyl (C=O) groups is 2. The molecule has 1 fully saturated rings. The fraction of sp³-hybridized carbons (Fsp3) is 0.211. The Morgan fingerprint density at radius 2 is 2.00 bits per heavy atom. The van der Waals surface area contributed by atoms with Crippen molar-refractivity contribution in [3.63, 3.8) is 0 Å². The summed E-state index contributed by atoms with van der Waals surface area (Å²) in [5, 5.41) is 3.53. The number of rotatable bonds is 4. The monoisotopic (exact) mass is 413 g/mol. The number of fused-ring (bicyclic) bond motifs is 2. The Morgan fingerprint density at radius 3 is 2.75 bits per heavy atom. The van der Waals surface area contributed by atoms with Gasteiger partial charge < -0.3 is 5.32 Å². The molecule has 1 aliphatic carbocycles. The van der Waals surface area contributed by atoms with Crippen LogP contribution in [0.15, 0.2) is 47.4 Å². The van der Waals surface area contributed by atoms with Crippen LogP contribution >= 0.6 is 11.3 Å². The van der Waals surface area contributed by atoms with Crippen LogP contribution in [0.5, 0.6) is 0 Å². The molecule has 0 spiro atoms. The third kappa shape index (κ3) is 2.70. The van der Waals surface area contributed by atoms with Gasteiger partial charge in [0.25, 0.3) is 21.8 Å². The van der Waals surface area contributed by atoms with Crippen LogP contribution in [0.3, 0.4) is 0 Å². The molecule has 0 unspecified atom stereocenters. The number of thiazole rings is 1. The maximum absolute atomic E-state index is 12.7. The molecule has 2 aromatic carbocycles. The molecule has 142 valence electrons. The Kier molecular flexibility index (Phi) is 3.78. The first-order valence-corrected chi connectivity index (χ1v) is 11.1. The molecule has 2 amide bonds. The predicted octanol–water partition coefficient (Wildman–Crippen LogP) is 2.53. The molecule has 2 heterocycles. The van der Waals surface area contributed by atoms with Gasteiger partial charge in [0.05, 0.1) is 22.3 Å². The average Bonchev–Trinajstić information content (AvgIpc) is 3.37. The molecule has 1 saturated carbocycles. The SMILES string of the molecule is O=C(NCc1nc2ccccc2s1)c1ccc2c(c1)S(=O)(=O)N(C1CC1)C2=O. The Hall–Kier alpha value is -2.78. The third-order valence-electron chi connectivity index (χ3n) is 4.83. The van der Waals surface area contributed by atoms with E-state index in [9.17, 15) is 18.0 Å². The van der Waals surface area contributed by atoms with Gasteiger partial charge in [-0.05, 0) is 43.2 Å². The van der Waals surface area contributed by atoms with Gasteiger partial charge in [0.1, 0.15) is 9.90 Å². The zero-order chi connectivity index (χ0) is 19.5. The highest BCUT2D eigenvalue weighted by Gasteiger charge is 2.48. The topological polar surface area (TPSA) is 96.4 Å². The maximum Gasteiger partial charge on any atom is 0.269 e. The maximum atomic E-state index is 12.7. The number of aromatic nitrogens is 1. The van der Waals surface area contributed by atoms with Crippen molar-refractivity contribution < 1.29 is 18.0 Å². The van der Waals surface area contributed by atoms with Gasteiger partial charge in [-0.1, -0.05) is 12.1 Å². The lowest BCUT2D eigenvalue weighted by Crippen LogP contribution is -2.32. The van der Waals surface area contributed by atoms with Crippen molar-refractivity contribution in [3.8, 4) is 0 Å². The lowest BCUT2D eigenvalue weighted by atomic mass is 10.1. The highest BCUT2D eigenvalue weighted by molar-refractivity contribution is 7.90. The minimum Gasteiger partial charge on any atom is -0.346 e. The number of hydrogen-bond acceptors (Lipinski definition) is 6. The smallest absolute Gasteiger partial charge is 0.269 e. The van der Waals surface area contributed by atoms with E-state index in [2.05, 4.69) is 10.3 Å². The number of nitrogens with zero attached hydrogens (tertiary/aromatic N) is 2. The van der Waals surface area contributed by atoms with Crippen LogP contribution in [0, 0.1) is 0 Å². The summed E-state index contributed by atoms with van der Waals surface area (Å²) in [6.45, 7) is 0.245. The van der Waals surface area contributed by atoms with E-state index in [1.54, 1.807) is 0 Å². The predicted molar refractivity (Wildman–Crippen MR) is 104 cm³/mol. The fourth-order valence-electron chi connectivity index (χ4n) is 3.31. The first-order valence-electron chi connectivity index (χ1n) is 8.80. The highest BCUT2D eigenvalue weighted by Crippen LogP contribution is 2.39. The van der Waals surface area contributed by atoms with E-state index in [0.717, 1.165) is 19.5 Å². The third-order valence-corrected chi connectivity index (χ3v) is 7.74. The standard InChI is InChI=1S/C19H15N3O4S2/c23-18(20-10-17-21-14-3-1-2-4-15(14)27-17)11-5-8-13-16(9-11)28(25,26)22(19(13)24)12-6-7-12/h1-5,8-9,12H,6-7,10H2,(H,20,23). The molecule has 1 N–H and O–H groups in total. The number of sulfonamides is 1. The summed E-state index contributed by atoms with van der Waals surface area (Å²) in [6, 6.07) is 11.7. The Labute approximate surface area is 165 Å². The summed E-state index contributed by atoms with van der Waals surface area (Å²) in [7, 11) is -3.88. The van der Waals surface area contributed by atoms with Gasteiger partial charge in [-0.2, -0.15) is 0 Å². The van der Waals surface area contributed by atoms with Crippen LogP contribution in [0.1, 0.15) is 38.6 Å². The summed E-state index contributed by atoms with van der Waals surface area (Å²) in [5.74, 6) is -0.909. The van der Waals surface area contributed by atoms with Crippen LogP contribution in [-0.4, -0.2) is 35.6 Å². The molecule has 7 nitrogen and oxygen atoms in total. The zero-order valence-electron chi connectivity index (χ0n) is 14.6. The Bertz CT molecular complexity index is 1210. The van der Waals surface area contributed by atoms with Gasteiger partial charge >= 0.3 is 0 Å². The summed E-state index contributed by atoms with van der Waals surface area (Å²) in [4.78, 5) is 29.3. The minimum absolute atomic E-state index is 0.0861. The fourth-order valence-corrected chi connectivity index (χ4v) is 6.06. The van der Waals surface area contributed by atoms with Crippen molar-refractivity contribution in [3.05, 3.63) is 58.6 Å². The molecule has 1 aliphatic heterocycles. The zero-order valence-corrected chi connectivity index (χ0v) is 16.2. The number of carbonyl (C=O) groups excluding carboxylic acids is 2. The van der Waals surface area contributed by atoms with E-state index in [1.165, 1.54) is 29.5 Å². The molecular formula is C19H15N3O4S2. The highest BCUT2D eigenvalue weighted by atomic mass is 32.2. The number of hydrogen-bond donors (Lipinski definition) is 1. The molecule has 1 aromatic heterocycles. The van der Waals surface area contributed by atoms with Crippen LogP contribution in [0.2, 0.25) is 0 Å². The molecule has 3 aromatic rings. The largest absolute Gasteiger partial charge is 0.346 e. The Morgan fingerprint density at radius 1 is 1.21 bits per heavy atom. The number of nitrogens with one attached hydrogen (secondary N) is 1. The number of amides is 2. The van der Waals surface area contributed by atoms with Crippen molar-refractivity contribution in [1.29, 1.82) is 0 Å². The van der Waals surface area contributed by atoms with Gasteiger partial charge in [-0.15, -0.1) is 11.3 Å². The molecular weight excluding hydrogens is 398 g/mol. The Balaban J connectivity index is 1.38. The summed E-state index contributed by atoms with van der Waals surface area (Å²) in [6.07, 6.45) is 1.38. The van der Waals surface area contributed by atoms with E-state index < -0.39 is 21.8 Å². The van der Waals surface area contributed by atoms with Crippen molar-refractivity contribution >= 4 is 43.4 Å². The van der Waals surface area contributed by atoms with Gasteiger partial charge in [0.2, 0.25) is 0 Å². The first-order chi connectivity index (χ1) is 13.4. The van der Waals surface area contributed by atoms with E-state index in [4.69, 9.17) is 0 Å². The number of benzene rings is 2. The van der Waals surface area contributed by atoms with Crippen LogP contribution in [-0.2, 0) is 16.6 Å². The van der Waals surface area contributed by atoms with Crippen LogP contribution in [0.25, 0.3) is 10.2 Å². The quantitative estimate of drug-likeness (QED) is 0.709. The van der Waals surface area contributed by atoms with Crippen molar-refractivity contribution in [2.75, 3.05) is 0 Å². The second kappa shape index (κ2) is 6.11. The summed E-state index contributed by atoms with van der Waals surface area (Å²) in [5.41, 5.74) is 1.21. The van der Waals surface area contributed by atoms with E-state index in [0.29, 0.717) is 12.8 Å². The van der Waals surface area contributed by atoms with E-state index >= 15 is 0 Å². The summed E-state index contributed by atoms with van der Waals surface area (Å²) >= 11 is 1.49. The van der Waals surface area contributed by atoms with Crippen molar-refractivity contribution in [2.45, 2.75) is 30.3 Å². The minimum atomic E-state index is -3.88. The number of para-hydroxylation sites is 1. The lowest BCUT2D eigenvalue weighted by Gasteiger charge is -2.13. The second-order valence-electron chi connectivity index (χ2n) is 6.81. The molecule has 2 aliphatic rings. The van der Waals surface area contributed by atoms with Gasteiger partial charge in [-0.25, -0.2) is 17.7 Å². The molecule has 0 bridgehead atoms. The summed E-state index contributed by atoms with van der Waals surface area (Å²) < 4.78 is 27.4. The molecule has 0 saturated heterocycles. The molecule has 9 heteroatoms. The van der Waals surface area contributed by atoms with Crippen molar-refractivity contribution in [2.24, 2.45) is 0 Å².